The van der Waals surface area contributed by atoms with Crippen LogP contribution in [-0.4, -0.2) is 21.5 Å². The minimum atomic E-state index is -0.221. The predicted octanol–water partition coefficient (Wildman–Crippen LogP) is 2.21. The van der Waals surface area contributed by atoms with Gasteiger partial charge in [0, 0.05) is 6.54 Å². The molecule has 0 unspecified atom stereocenters. The maximum absolute atomic E-state index is 12.8. The molecule has 2 rings (SSSR count). The van der Waals surface area contributed by atoms with Gasteiger partial charge in [-0.25, -0.2) is 9.07 Å². The van der Waals surface area contributed by atoms with Crippen molar-refractivity contribution in [3.05, 3.63) is 47.5 Å². The SMILES string of the molecule is CC(C)CNCc1cn(Cc2ccc(F)cc2)nn1. The molecule has 0 radical (unpaired) electrons. The number of aromatic nitrogens is 3. The smallest absolute Gasteiger partial charge is 0.123 e. The average molecular weight is 262 g/mol. The van der Waals surface area contributed by atoms with Gasteiger partial charge in [-0.3, -0.25) is 0 Å². The maximum atomic E-state index is 12.8. The second-order valence-electron chi connectivity index (χ2n) is 5.06. The Morgan fingerprint density at radius 1 is 1.26 bits per heavy atom. The predicted molar refractivity (Wildman–Crippen MR) is 72.1 cm³/mol. The fraction of sp³-hybridized carbons (Fsp3) is 0.429. The number of nitrogens with one attached hydrogen (secondary N) is 1. The molecule has 0 amide bonds. The van der Waals surface area contributed by atoms with Crippen LogP contribution in [-0.2, 0) is 13.1 Å². The zero-order valence-corrected chi connectivity index (χ0v) is 11.3. The topological polar surface area (TPSA) is 42.7 Å². The molecule has 0 spiro atoms. The number of hydrogen-bond acceptors (Lipinski definition) is 3. The molecule has 0 saturated heterocycles. The van der Waals surface area contributed by atoms with Gasteiger partial charge in [0.25, 0.3) is 0 Å². The van der Waals surface area contributed by atoms with E-state index in [0.717, 1.165) is 24.3 Å². The molecule has 2 aromatic rings. The fourth-order valence-corrected chi connectivity index (χ4v) is 1.76. The normalized spacial score (nSPS) is 11.2. The molecule has 0 aliphatic heterocycles. The van der Waals surface area contributed by atoms with Gasteiger partial charge in [-0.05, 0) is 30.2 Å². The summed E-state index contributed by atoms with van der Waals surface area (Å²) < 4.78 is 14.6. The standard InChI is InChI=1S/C14H19FN4/c1-11(2)7-16-8-14-10-19(18-17-14)9-12-3-5-13(15)6-4-12/h3-6,10-11,16H,7-9H2,1-2H3. The molecule has 5 heteroatoms. The van der Waals surface area contributed by atoms with E-state index >= 15 is 0 Å². The third-order valence-electron chi connectivity index (χ3n) is 2.70. The maximum Gasteiger partial charge on any atom is 0.123 e. The van der Waals surface area contributed by atoms with E-state index in [1.807, 2.05) is 6.20 Å². The summed E-state index contributed by atoms with van der Waals surface area (Å²) in [6.45, 7) is 6.63. The Morgan fingerprint density at radius 3 is 2.68 bits per heavy atom. The van der Waals surface area contributed by atoms with Gasteiger partial charge in [0.05, 0.1) is 18.4 Å². The van der Waals surface area contributed by atoms with Crippen LogP contribution in [0.2, 0.25) is 0 Å². The van der Waals surface area contributed by atoms with Crippen molar-refractivity contribution < 1.29 is 4.39 Å². The lowest BCUT2D eigenvalue weighted by Gasteiger charge is -2.04. The Bertz CT molecular complexity index is 504. The van der Waals surface area contributed by atoms with Crippen molar-refractivity contribution in [3.8, 4) is 0 Å². The van der Waals surface area contributed by atoms with E-state index in [4.69, 9.17) is 0 Å². The first-order chi connectivity index (χ1) is 9.13. The van der Waals surface area contributed by atoms with Gasteiger partial charge in [-0.2, -0.15) is 0 Å². The highest BCUT2D eigenvalue weighted by atomic mass is 19.1. The molecular weight excluding hydrogens is 243 g/mol. The molecule has 0 bridgehead atoms. The number of halogens is 1. The minimum Gasteiger partial charge on any atom is -0.311 e. The molecule has 4 nitrogen and oxygen atoms in total. The summed E-state index contributed by atoms with van der Waals surface area (Å²) >= 11 is 0. The van der Waals surface area contributed by atoms with Crippen molar-refractivity contribution in [2.75, 3.05) is 6.54 Å². The van der Waals surface area contributed by atoms with Crippen LogP contribution in [0.4, 0.5) is 4.39 Å². The molecule has 102 valence electrons. The summed E-state index contributed by atoms with van der Waals surface area (Å²) in [6.07, 6.45) is 1.91. The Hall–Kier alpha value is -1.75. The van der Waals surface area contributed by atoms with Crippen LogP contribution in [0, 0.1) is 11.7 Å². The van der Waals surface area contributed by atoms with Crippen molar-refractivity contribution in [3.63, 3.8) is 0 Å². The van der Waals surface area contributed by atoms with Crippen LogP contribution in [0.25, 0.3) is 0 Å². The first-order valence-electron chi connectivity index (χ1n) is 6.47. The van der Waals surface area contributed by atoms with Crippen LogP contribution in [0.3, 0.4) is 0 Å². The van der Waals surface area contributed by atoms with E-state index in [-0.39, 0.29) is 5.82 Å². The van der Waals surface area contributed by atoms with E-state index in [1.54, 1.807) is 16.8 Å². The van der Waals surface area contributed by atoms with Gasteiger partial charge in [0.2, 0.25) is 0 Å². The minimum absolute atomic E-state index is 0.221. The van der Waals surface area contributed by atoms with E-state index in [9.17, 15) is 4.39 Å². The van der Waals surface area contributed by atoms with Crippen LogP contribution < -0.4 is 5.32 Å². The van der Waals surface area contributed by atoms with Crippen molar-refractivity contribution in [2.24, 2.45) is 5.92 Å². The molecule has 1 aromatic heterocycles. The van der Waals surface area contributed by atoms with Crippen molar-refractivity contribution in [2.45, 2.75) is 26.9 Å². The summed E-state index contributed by atoms with van der Waals surface area (Å²) in [7, 11) is 0. The average Bonchev–Trinajstić information content (AvgIpc) is 2.79. The highest BCUT2D eigenvalue weighted by Crippen LogP contribution is 2.05. The second-order valence-corrected chi connectivity index (χ2v) is 5.06. The number of benzene rings is 1. The third kappa shape index (κ3) is 4.44. The van der Waals surface area contributed by atoms with Crippen LogP contribution in [0.1, 0.15) is 25.1 Å². The van der Waals surface area contributed by atoms with Gasteiger partial charge in [-0.15, -0.1) is 5.10 Å². The molecule has 19 heavy (non-hydrogen) atoms. The summed E-state index contributed by atoms with van der Waals surface area (Å²) in [5, 5.41) is 11.5. The highest BCUT2D eigenvalue weighted by Gasteiger charge is 2.02. The number of hydrogen-bond donors (Lipinski definition) is 1. The molecule has 0 fully saturated rings. The van der Waals surface area contributed by atoms with E-state index < -0.39 is 0 Å². The van der Waals surface area contributed by atoms with Crippen molar-refractivity contribution in [1.29, 1.82) is 0 Å². The van der Waals surface area contributed by atoms with Crippen LogP contribution in [0.15, 0.2) is 30.5 Å². The lowest BCUT2D eigenvalue weighted by atomic mass is 10.2. The zero-order chi connectivity index (χ0) is 13.7. The van der Waals surface area contributed by atoms with Crippen LogP contribution in [0.5, 0.6) is 0 Å². The molecule has 0 aliphatic rings. The number of rotatable bonds is 6. The van der Waals surface area contributed by atoms with Gasteiger partial charge in [-0.1, -0.05) is 31.2 Å². The van der Waals surface area contributed by atoms with Crippen molar-refractivity contribution in [1.82, 2.24) is 20.3 Å². The lowest BCUT2D eigenvalue weighted by Crippen LogP contribution is -2.19. The highest BCUT2D eigenvalue weighted by molar-refractivity contribution is 5.16. The summed E-state index contributed by atoms with van der Waals surface area (Å²) in [6, 6.07) is 6.43. The second kappa shape index (κ2) is 6.43. The quantitative estimate of drug-likeness (QED) is 0.868. The summed E-state index contributed by atoms with van der Waals surface area (Å²) in [5.74, 6) is 0.398. The first-order valence-corrected chi connectivity index (χ1v) is 6.47. The molecule has 0 atom stereocenters. The molecule has 1 heterocycles. The fourth-order valence-electron chi connectivity index (χ4n) is 1.76. The van der Waals surface area contributed by atoms with E-state index in [1.165, 1.54) is 12.1 Å². The molecule has 1 aromatic carbocycles. The summed E-state index contributed by atoms with van der Waals surface area (Å²) in [4.78, 5) is 0. The zero-order valence-electron chi connectivity index (χ0n) is 11.3. The third-order valence-corrected chi connectivity index (χ3v) is 2.70. The lowest BCUT2D eigenvalue weighted by molar-refractivity contribution is 0.548. The van der Waals surface area contributed by atoms with Gasteiger partial charge in [0.15, 0.2) is 0 Å². The number of nitrogens with zero attached hydrogens (tertiary/aromatic N) is 3. The molecule has 0 saturated carbocycles. The van der Waals surface area contributed by atoms with Crippen molar-refractivity contribution >= 4 is 0 Å². The molecular formula is C14H19FN4. The Balaban J connectivity index is 1.88. The largest absolute Gasteiger partial charge is 0.311 e. The molecule has 1 N–H and O–H groups in total. The van der Waals surface area contributed by atoms with Gasteiger partial charge >= 0.3 is 0 Å². The van der Waals surface area contributed by atoms with E-state index in [0.29, 0.717) is 12.5 Å². The van der Waals surface area contributed by atoms with E-state index in [2.05, 4.69) is 29.5 Å². The van der Waals surface area contributed by atoms with Gasteiger partial charge < -0.3 is 5.32 Å². The van der Waals surface area contributed by atoms with Crippen LogP contribution >= 0.6 is 0 Å². The van der Waals surface area contributed by atoms with Gasteiger partial charge in [0.1, 0.15) is 5.82 Å². The monoisotopic (exact) mass is 262 g/mol. The Kier molecular flexibility index (Phi) is 4.63. The Morgan fingerprint density at radius 2 is 2.00 bits per heavy atom. The first kappa shape index (κ1) is 13.7. The Labute approximate surface area is 112 Å². The summed E-state index contributed by atoms with van der Waals surface area (Å²) in [5.41, 5.74) is 1.93. The molecule has 0 aliphatic carbocycles.